The fourth-order valence-corrected chi connectivity index (χ4v) is 4.75. The van der Waals surface area contributed by atoms with Crippen molar-refractivity contribution in [2.24, 2.45) is 23.7 Å². The summed E-state index contributed by atoms with van der Waals surface area (Å²) in [6.07, 6.45) is 7.44. The molecule has 4 heteroatoms. The van der Waals surface area contributed by atoms with Crippen molar-refractivity contribution in [1.29, 1.82) is 0 Å². The minimum atomic E-state index is -0.579. The van der Waals surface area contributed by atoms with Gasteiger partial charge in [-0.3, -0.25) is 4.79 Å². The molecule has 7 atom stereocenters. The van der Waals surface area contributed by atoms with Gasteiger partial charge in [-0.2, -0.15) is 0 Å². The largest absolute Gasteiger partial charge is 0.462 e. The summed E-state index contributed by atoms with van der Waals surface area (Å²) in [5.41, 5.74) is 1.07. The number of carbonyl (C=O) groups is 1. The van der Waals surface area contributed by atoms with E-state index in [1.165, 1.54) is 0 Å². The lowest BCUT2D eigenvalue weighted by Crippen LogP contribution is -2.42. The maximum atomic E-state index is 11.5. The van der Waals surface area contributed by atoms with Gasteiger partial charge in [-0.05, 0) is 49.4 Å². The topological polar surface area (TPSA) is 66.8 Å². The van der Waals surface area contributed by atoms with Crippen molar-refractivity contribution in [3.8, 4) is 0 Å². The number of aliphatic hydroxyl groups excluding tert-OH is 2. The van der Waals surface area contributed by atoms with E-state index in [1.807, 2.05) is 0 Å². The number of cyclic esters (lactones) is 1. The molecule has 2 fully saturated rings. The third-order valence-corrected chi connectivity index (χ3v) is 5.79. The predicted octanol–water partition coefficient (Wildman–Crippen LogP) is 2.60. The Bertz CT molecular complexity index is 498. The van der Waals surface area contributed by atoms with E-state index in [2.05, 4.69) is 25.7 Å². The van der Waals surface area contributed by atoms with E-state index in [0.29, 0.717) is 18.3 Å². The third kappa shape index (κ3) is 3.69. The quantitative estimate of drug-likeness (QED) is 0.785. The first-order chi connectivity index (χ1) is 10.9. The summed E-state index contributed by atoms with van der Waals surface area (Å²) in [7, 11) is 0. The van der Waals surface area contributed by atoms with Crippen LogP contribution in [0.4, 0.5) is 0 Å². The van der Waals surface area contributed by atoms with Crippen molar-refractivity contribution < 1.29 is 19.7 Å². The molecule has 128 valence electrons. The van der Waals surface area contributed by atoms with E-state index in [1.54, 1.807) is 0 Å². The monoisotopic (exact) mass is 320 g/mol. The highest BCUT2D eigenvalue weighted by Gasteiger charge is 2.41. The smallest absolute Gasteiger partial charge is 0.308 e. The van der Waals surface area contributed by atoms with Crippen LogP contribution in [0.3, 0.4) is 0 Å². The molecule has 2 aliphatic carbocycles. The van der Waals surface area contributed by atoms with E-state index in [9.17, 15) is 15.0 Å². The summed E-state index contributed by atoms with van der Waals surface area (Å²) in [4.78, 5) is 11.5. The van der Waals surface area contributed by atoms with E-state index >= 15 is 0 Å². The Hall–Kier alpha value is -1.13. The number of esters is 1. The number of hydrogen-bond acceptors (Lipinski definition) is 4. The maximum absolute atomic E-state index is 11.5. The SMILES string of the molecule is C=C1C=CC2C[C@H](C)C[C@H](O)C2C1CC[C@@H]1CC(O)CC(=O)O1. The van der Waals surface area contributed by atoms with Gasteiger partial charge in [0.15, 0.2) is 0 Å². The second kappa shape index (κ2) is 6.78. The van der Waals surface area contributed by atoms with Crippen LogP contribution < -0.4 is 0 Å². The molecular weight excluding hydrogens is 292 g/mol. The van der Waals surface area contributed by atoms with Gasteiger partial charge < -0.3 is 14.9 Å². The van der Waals surface area contributed by atoms with Crippen molar-refractivity contribution in [3.63, 3.8) is 0 Å². The van der Waals surface area contributed by atoms with Gasteiger partial charge in [0.05, 0.1) is 18.6 Å². The van der Waals surface area contributed by atoms with Gasteiger partial charge in [-0.15, -0.1) is 0 Å². The average Bonchev–Trinajstić information content (AvgIpc) is 2.45. The fourth-order valence-electron chi connectivity index (χ4n) is 4.75. The average molecular weight is 320 g/mol. The third-order valence-electron chi connectivity index (χ3n) is 5.79. The van der Waals surface area contributed by atoms with Crippen molar-refractivity contribution in [2.75, 3.05) is 0 Å². The summed E-state index contributed by atoms with van der Waals surface area (Å²) in [5.74, 6) is 1.14. The molecule has 0 aromatic heterocycles. The number of ether oxygens (including phenoxy) is 1. The normalized spacial score (nSPS) is 43.9. The predicted molar refractivity (Wildman–Crippen MR) is 87.5 cm³/mol. The van der Waals surface area contributed by atoms with Crippen molar-refractivity contribution in [1.82, 2.24) is 0 Å². The second-order valence-corrected chi connectivity index (χ2v) is 7.71. The lowest BCUT2D eigenvalue weighted by molar-refractivity contribution is -0.160. The maximum Gasteiger partial charge on any atom is 0.308 e. The zero-order chi connectivity index (χ0) is 16.6. The molecule has 23 heavy (non-hydrogen) atoms. The lowest BCUT2D eigenvalue weighted by Gasteiger charge is -2.45. The molecule has 1 aliphatic heterocycles. The van der Waals surface area contributed by atoms with Crippen molar-refractivity contribution in [3.05, 3.63) is 24.3 Å². The molecule has 0 amide bonds. The molecule has 0 bridgehead atoms. The fraction of sp³-hybridized carbons (Fsp3) is 0.737. The van der Waals surface area contributed by atoms with E-state index in [0.717, 1.165) is 31.3 Å². The van der Waals surface area contributed by atoms with E-state index in [4.69, 9.17) is 4.74 Å². The highest BCUT2D eigenvalue weighted by Crippen LogP contribution is 2.46. The number of carbonyl (C=O) groups excluding carboxylic acids is 1. The van der Waals surface area contributed by atoms with Crippen LogP contribution in [-0.2, 0) is 9.53 Å². The highest BCUT2D eigenvalue weighted by molar-refractivity contribution is 5.70. The Morgan fingerprint density at radius 3 is 2.78 bits per heavy atom. The van der Waals surface area contributed by atoms with Gasteiger partial charge in [-0.1, -0.05) is 31.2 Å². The van der Waals surface area contributed by atoms with Gasteiger partial charge in [0.1, 0.15) is 6.10 Å². The first-order valence-electron chi connectivity index (χ1n) is 8.86. The van der Waals surface area contributed by atoms with Gasteiger partial charge >= 0.3 is 5.97 Å². The van der Waals surface area contributed by atoms with E-state index in [-0.39, 0.29) is 36.4 Å². The lowest BCUT2D eigenvalue weighted by atomic mass is 9.62. The second-order valence-electron chi connectivity index (χ2n) is 7.71. The number of aliphatic hydroxyl groups is 2. The van der Waals surface area contributed by atoms with Gasteiger partial charge in [0.2, 0.25) is 0 Å². The standard InChI is InChI=1S/C19H28O4/c1-11-7-13-4-3-12(2)16(19(13)17(21)8-11)6-5-15-9-14(20)10-18(22)23-15/h3-4,11,13-17,19-21H,2,5-10H2,1H3/t11-,13?,14?,15+,16?,17-,19?/m0/s1. The molecule has 4 nitrogen and oxygen atoms in total. The summed E-state index contributed by atoms with van der Waals surface area (Å²) in [5, 5.41) is 20.3. The highest BCUT2D eigenvalue weighted by atomic mass is 16.5. The molecule has 3 aliphatic rings. The van der Waals surface area contributed by atoms with Crippen molar-refractivity contribution >= 4 is 5.97 Å². The first-order valence-corrected chi connectivity index (χ1v) is 8.86. The van der Waals surface area contributed by atoms with Gasteiger partial charge in [0, 0.05) is 6.42 Å². The van der Waals surface area contributed by atoms with Crippen molar-refractivity contribution in [2.45, 2.75) is 63.8 Å². The molecule has 1 saturated carbocycles. The van der Waals surface area contributed by atoms with Crippen LogP contribution in [0.15, 0.2) is 24.3 Å². The summed E-state index contributed by atoms with van der Waals surface area (Å²) in [6.45, 7) is 6.38. The molecule has 0 radical (unpaired) electrons. The number of hydrogen-bond donors (Lipinski definition) is 2. The van der Waals surface area contributed by atoms with Crippen LogP contribution in [-0.4, -0.2) is 34.5 Å². The summed E-state index contributed by atoms with van der Waals surface area (Å²) >= 11 is 0. The minimum Gasteiger partial charge on any atom is -0.462 e. The molecular formula is C19H28O4. The minimum absolute atomic E-state index is 0.108. The van der Waals surface area contributed by atoms with Gasteiger partial charge in [-0.25, -0.2) is 0 Å². The Morgan fingerprint density at radius 1 is 1.26 bits per heavy atom. The summed E-state index contributed by atoms with van der Waals surface area (Å²) < 4.78 is 5.35. The number of allylic oxidation sites excluding steroid dienone is 3. The zero-order valence-corrected chi connectivity index (χ0v) is 13.9. The van der Waals surface area contributed by atoms with Crippen LogP contribution in [0, 0.1) is 23.7 Å². The first kappa shape index (κ1) is 16.7. The molecule has 0 aromatic rings. The van der Waals surface area contributed by atoms with Crippen LogP contribution >= 0.6 is 0 Å². The van der Waals surface area contributed by atoms with Gasteiger partial charge in [0.25, 0.3) is 0 Å². The van der Waals surface area contributed by atoms with Crippen LogP contribution in [0.25, 0.3) is 0 Å². The molecule has 4 unspecified atom stereocenters. The van der Waals surface area contributed by atoms with Crippen LogP contribution in [0.2, 0.25) is 0 Å². The number of fused-ring (bicyclic) bond motifs is 1. The van der Waals surface area contributed by atoms with Crippen LogP contribution in [0.5, 0.6) is 0 Å². The Balaban J connectivity index is 1.65. The van der Waals surface area contributed by atoms with E-state index < -0.39 is 6.10 Å². The molecule has 0 spiro atoms. The zero-order valence-electron chi connectivity index (χ0n) is 13.9. The molecule has 2 N–H and O–H groups in total. The molecule has 1 heterocycles. The Kier molecular flexibility index (Phi) is 4.93. The molecule has 1 saturated heterocycles. The Labute approximate surface area is 138 Å². The number of rotatable bonds is 3. The summed E-state index contributed by atoms with van der Waals surface area (Å²) in [6, 6.07) is 0. The molecule has 3 rings (SSSR count). The molecule has 0 aromatic carbocycles. The Morgan fingerprint density at radius 2 is 2.04 bits per heavy atom. The van der Waals surface area contributed by atoms with Crippen LogP contribution in [0.1, 0.15) is 45.4 Å².